The average molecular weight is 376 g/mol. The molecule has 26 heavy (non-hydrogen) atoms. The van der Waals surface area contributed by atoms with Gasteiger partial charge in [-0.25, -0.2) is 4.98 Å². The van der Waals surface area contributed by atoms with Crippen molar-refractivity contribution in [2.45, 2.75) is 33.0 Å². The summed E-state index contributed by atoms with van der Waals surface area (Å²) >= 11 is 0. The van der Waals surface area contributed by atoms with Crippen molar-refractivity contribution in [1.82, 2.24) is 15.6 Å². The first-order valence-electron chi connectivity index (χ1n) is 8.47. The number of halogens is 3. The van der Waals surface area contributed by atoms with Crippen LogP contribution in [-0.4, -0.2) is 50.5 Å². The van der Waals surface area contributed by atoms with E-state index in [1.54, 1.807) is 13.1 Å². The molecule has 6 nitrogen and oxygen atoms in total. The zero-order chi connectivity index (χ0) is 19.4. The molecule has 0 aromatic carbocycles. The first kappa shape index (κ1) is 22.0. The zero-order valence-corrected chi connectivity index (χ0v) is 15.4. The fourth-order valence-electron chi connectivity index (χ4n) is 1.86. The van der Waals surface area contributed by atoms with Crippen LogP contribution in [0.25, 0.3) is 0 Å². The van der Waals surface area contributed by atoms with Crippen LogP contribution in [0.2, 0.25) is 0 Å². The van der Waals surface area contributed by atoms with E-state index in [0.29, 0.717) is 31.6 Å². The second-order valence-corrected chi connectivity index (χ2v) is 6.05. The molecule has 0 spiro atoms. The predicted molar refractivity (Wildman–Crippen MR) is 94.3 cm³/mol. The molecule has 0 atom stereocenters. The van der Waals surface area contributed by atoms with Gasteiger partial charge >= 0.3 is 6.18 Å². The Labute approximate surface area is 152 Å². The van der Waals surface area contributed by atoms with Crippen molar-refractivity contribution in [1.29, 1.82) is 0 Å². The number of guanidine groups is 1. The fraction of sp³-hybridized carbons (Fsp3) is 0.647. The van der Waals surface area contributed by atoms with Crippen LogP contribution in [0.5, 0.6) is 5.88 Å². The van der Waals surface area contributed by atoms with E-state index in [9.17, 15) is 13.2 Å². The van der Waals surface area contributed by atoms with Crippen LogP contribution in [0.3, 0.4) is 0 Å². The molecule has 148 valence electrons. The third-order valence-corrected chi connectivity index (χ3v) is 3.24. The molecule has 0 aliphatic rings. The monoisotopic (exact) mass is 376 g/mol. The van der Waals surface area contributed by atoms with Crippen LogP contribution in [0, 0.1) is 5.92 Å². The summed E-state index contributed by atoms with van der Waals surface area (Å²) in [6, 6.07) is 3.15. The van der Waals surface area contributed by atoms with E-state index < -0.39 is 12.8 Å². The Kier molecular flexibility index (Phi) is 9.79. The Hall–Kier alpha value is -2.03. The predicted octanol–water partition coefficient (Wildman–Crippen LogP) is 2.75. The van der Waals surface area contributed by atoms with Gasteiger partial charge in [-0.2, -0.15) is 13.2 Å². The number of ether oxygens (including phenoxy) is 2. The number of hydrogen-bond acceptors (Lipinski definition) is 4. The molecule has 1 aromatic heterocycles. The molecule has 0 saturated heterocycles. The highest BCUT2D eigenvalue weighted by molar-refractivity contribution is 5.79. The van der Waals surface area contributed by atoms with E-state index in [2.05, 4.69) is 39.2 Å². The van der Waals surface area contributed by atoms with Gasteiger partial charge in [0.15, 0.2) is 12.6 Å². The largest absolute Gasteiger partial charge is 0.468 e. The highest BCUT2D eigenvalue weighted by Gasteiger charge is 2.28. The number of alkyl halides is 3. The Morgan fingerprint density at radius 2 is 2.04 bits per heavy atom. The Morgan fingerprint density at radius 3 is 2.69 bits per heavy atom. The molecule has 1 aromatic rings. The molecule has 0 saturated carbocycles. The van der Waals surface area contributed by atoms with Crippen LogP contribution in [-0.2, 0) is 11.3 Å². The smallest absolute Gasteiger partial charge is 0.422 e. The summed E-state index contributed by atoms with van der Waals surface area (Å²) < 4.78 is 46.7. The molecule has 9 heteroatoms. The van der Waals surface area contributed by atoms with E-state index in [1.807, 2.05) is 0 Å². The molecule has 0 radical (unpaired) electrons. The molecule has 0 fully saturated rings. The molecule has 2 N–H and O–H groups in total. The lowest BCUT2D eigenvalue weighted by atomic mass is 10.1. The Bertz CT molecular complexity index is 551. The minimum absolute atomic E-state index is 0.0666. The highest BCUT2D eigenvalue weighted by atomic mass is 19.4. The quantitative estimate of drug-likeness (QED) is 0.373. The lowest BCUT2D eigenvalue weighted by Gasteiger charge is -2.13. The molecule has 1 rings (SSSR count). The van der Waals surface area contributed by atoms with Gasteiger partial charge in [-0.1, -0.05) is 13.8 Å². The summed E-state index contributed by atoms with van der Waals surface area (Å²) in [5.41, 5.74) is 0.730. The molecular weight excluding hydrogens is 349 g/mol. The lowest BCUT2D eigenvalue weighted by molar-refractivity contribution is -0.154. The topological polar surface area (TPSA) is 67.8 Å². The second-order valence-electron chi connectivity index (χ2n) is 6.05. The summed E-state index contributed by atoms with van der Waals surface area (Å²) in [6.45, 7) is 5.20. The van der Waals surface area contributed by atoms with Gasteiger partial charge < -0.3 is 20.1 Å². The second kappa shape index (κ2) is 11.6. The maximum atomic E-state index is 12.2. The number of aliphatic imine (C=N–C) groups is 1. The third-order valence-electron chi connectivity index (χ3n) is 3.24. The molecule has 0 unspecified atom stereocenters. The molecule has 0 amide bonds. The number of rotatable bonds is 10. The molecule has 0 bridgehead atoms. The van der Waals surface area contributed by atoms with Crippen LogP contribution in [0.15, 0.2) is 23.3 Å². The Morgan fingerprint density at radius 1 is 1.27 bits per heavy atom. The first-order chi connectivity index (χ1) is 12.3. The summed E-state index contributed by atoms with van der Waals surface area (Å²) in [4.78, 5) is 7.85. The van der Waals surface area contributed by atoms with Gasteiger partial charge in [0.25, 0.3) is 0 Å². The van der Waals surface area contributed by atoms with Gasteiger partial charge in [-0.05, 0) is 24.0 Å². The summed E-state index contributed by atoms with van der Waals surface area (Å²) in [5, 5.41) is 6.18. The van der Waals surface area contributed by atoms with Crippen LogP contribution in [0.4, 0.5) is 13.2 Å². The first-order valence-corrected chi connectivity index (χ1v) is 8.47. The van der Waals surface area contributed by atoms with Gasteiger partial charge in [0.2, 0.25) is 5.88 Å². The highest BCUT2D eigenvalue weighted by Crippen LogP contribution is 2.17. The van der Waals surface area contributed by atoms with Crippen molar-refractivity contribution in [3.63, 3.8) is 0 Å². The van der Waals surface area contributed by atoms with Crippen LogP contribution < -0.4 is 15.4 Å². The number of hydrogen-bond donors (Lipinski definition) is 2. The van der Waals surface area contributed by atoms with Crippen molar-refractivity contribution in [3.05, 3.63) is 23.9 Å². The van der Waals surface area contributed by atoms with Gasteiger partial charge in [-0.3, -0.25) is 4.99 Å². The number of pyridine rings is 1. The van der Waals surface area contributed by atoms with E-state index in [1.165, 1.54) is 12.3 Å². The summed E-state index contributed by atoms with van der Waals surface area (Å²) in [7, 11) is 1.64. The van der Waals surface area contributed by atoms with Crippen molar-refractivity contribution >= 4 is 5.96 Å². The van der Waals surface area contributed by atoms with E-state index in [0.717, 1.165) is 18.6 Å². The summed E-state index contributed by atoms with van der Waals surface area (Å²) in [6.07, 6.45) is -1.96. The lowest BCUT2D eigenvalue weighted by Crippen LogP contribution is -2.38. The van der Waals surface area contributed by atoms with Gasteiger partial charge in [0.05, 0.1) is 6.61 Å². The minimum atomic E-state index is -4.39. The van der Waals surface area contributed by atoms with E-state index in [-0.39, 0.29) is 5.88 Å². The maximum Gasteiger partial charge on any atom is 0.422 e. The molecule has 0 aliphatic carbocycles. The van der Waals surface area contributed by atoms with Crippen LogP contribution in [0.1, 0.15) is 25.8 Å². The average Bonchev–Trinajstić information content (AvgIpc) is 2.58. The number of aromatic nitrogens is 1. The zero-order valence-electron chi connectivity index (χ0n) is 15.4. The van der Waals surface area contributed by atoms with Crippen LogP contribution >= 0.6 is 0 Å². The minimum Gasteiger partial charge on any atom is -0.468 e. The third kappa shape index (κ3) is 10.8. The normalized spacial score (nSPS) is 12.3. The molecular formula is C17H27F3N4O2. The molecule has 0 aliphatic heterocycles. The maximum absolute atomic E-state index is 12.2. The van der Waals surface area contributed by atoms with E-state index >= 15 is 0 Å². The van der Waals surface area contributed by atoms with Crippen molar-refractivity contribution in [2.75, 3.05) is 33.4 Å². The standard InChI is InChI=1S/C17H27F3N4O2/c1-13(2)5-8-25-9-7-23-16(21-3)24-11-14-4-6-22-15(10-14)26-12-17(18,19)20/h4,6,10,13H,5,7-9,11-12H2,1-3H3,(H2,21,23,24). The van der Waals surface area contributed by atoms with Gasteiger partial charge in [0, 0.05) is 39.0 Å². The van der Waals surface area contributed by atoms with Gasteiger partial charge in [-0.15, -0.1) is 0 Å². The SMILES string of the molecule is CN=C(NCCOCCC(C)C)NCc1ccnc(OCC(F)(F)F)c1. The van der Waals surface area contributed by atoms with Gasteiger partial charge in [0.1, 0.15) is 0 Å². The van der Waals surface area contributed by atoms with Crippen molar-refractivity contribution in [3.8, 4) is 5.88 Å². The summed E-state index contributed by atoms with van der Waals surface area (Å²) in [5.74, 6) is 1.12. The fourth-order valence-corrected chi connectivity index (χ4v) is 1.86. The Balaban J connectivity index is 2.32. The van der Waals surface area contributed by atoms with E-state index in [4.69, 9.17) is 4.74 Å². The van der Waals surface area contributed by atoms with Crippen molar-refractivity contribution in [2.24, 2.45) is 10.9 Å². The molecule has 1 heterocycles. The van der Waals surface area contributed by atoms with Crippen molar-refractivity contribution < 1.29 is 22.6 Å². The number of nitrogens with zero attached hydrogens (tertiary/aromatic N) is 2. The number of nitrogens with one attached hydrogen (secondary N) is 2.